The third-order valence-electron chi connectivity index (χ3n) is 7.74. The van der Waals surface area contributed by atoms with Crippen molar-refractivity contribution in [3.8, 4) is 0 Å². The molecule has 1 amide bonds. The van der Waals surface area contributed by atoms with Crippen molar-refractivity contribution in [1.29, 1.82) is 0 Å². The fourth-order valence-corrected chi connectivity index (χ4v) is 5.94. The third-order valence-corrected chi connectivity index (χ3v) is 7.74. The molecule has 2 aliphatic heterocycles. The number of carbonyl (C=O) groups excluding carboxylic acids is 1. The van der Waals surface area contributed by atoms with E-state index in [1.165, 1.54) is 16.7 Å². The van der Waals surface area contributed by atoms with E-state index in [0.29, 0.717) is 17.6 Å². The molecule has 0 aromatic heterocycles. The van der Waals surface area contributed by atoms with Crippen LogP contribution in [0.1, 0.15) is 54.7 Å². The van der Waals surface area contributed by atoms with E-state index < -0.39 is 11.5 Å². The molecule has 0 aliphatic carbocycles. The van der Waals surface area contributed by atoms with E-state index >= 15 is 0 Å². The van der Waals surface area contributed by atoms with Crippen molar-refractivity contribution in [1.82, 2.24) is 25.1 Å². The molecule has 0 unspecified atom stereocenters. The fourth-order valence-electron chi connectivity index (χ4n) is 5.94. The van der Waals surface area contributed by atoms with Gasteiger partial charge in [-0.25, -0.2) is 5.48 Å². The van der Waals surface area contributed by atoms with Gasteiger partial charge in [0.1, 0.15) is 0 Å². The Kier molecular flexibility index (Phi) is 9.57. The minimum Gasteiger partial charge on any atom is -0.389 e. The summed E-state index contributed by atoms with van der Waals surface area (Å²) in [5.74, 6) is -0.485. The lowest BCUT2D eigenvalue weighted by molar-refractivity contribution is 0.0166. The molecule has 2 aromatic carbocycles. The lowest BCUT2D eigenvalue weighted by atomic mass is 10.0. The molecule has 0 spiro atoms. The summed E-state index contributed by atoms with van der Waals surface area (Å²) in [6.07, 6.45) is 0. The van der Waals surface area contributed by atoms with Gasteiger partial charge in [0.25, 0.3) is 5.91 Å². The zero-order valence-corrected chi connectivity index (χ0v) is 23.4. The Balaban J connectivity index is 1.28. The molecule has 2 aromatic rings. The van der Waals surface area contributed by atoms with Gasteiger partial charge in [0.2, 0.25) is 0 Å². The average Bonchev–Trinajstić information content (AvgIpc) is 2.87. The van der Waals surface area contributed by atoms with Gasteiger partial charge >= 0.3 is 0 Å². The van der Waals surface area contributed by atoms with Crippen molar-refractivity contribution in [3.63, 3.8) is 0 Å². The second-order valence-electron chi connectivity index (χ2n) is 11.9. The fraction of sp³-hybridized carbons (Fsp3) is 0.567. The van der Waals surface area contributed by atoms with Crippen LogP contribution in [0, 0.1) is 0 Å². The molecule has 208 valence electrons. The maximum absolute atomic E-state index is 11.6. The summed E-state index contributed by atoms with van der Waals surface area (Å²) in [7, 11) is 0. The minimum atomic E-state index is -0.637. The van der Waals surface area contributed by atoms with Crippen LogP contribution in [0.4, 0.5) is 0 Å². The molecule has 38 heavy (non-hydrogen) atoms. The largest absolute Gasteiger partial charge is 0.389 e. The first-order chi connectivity index (χ1) is 18.1. The van der Waals surface area contributed by atoms with Crippen LogP contribution < -0.4 is 5.48 Å². The van der Waals surface area contributed by atoms with Crippen LogP contribution in [-0.2, 0) is 19.6 Å². The predicted molar refractivity (Wildman–Crippen MR) is 150 cm³/mol. The molecule has 8 heteroatoms. The van der Waals surface area contributed by atoms with Gasteiger partial charge in [-0.2, -0.15) is 0 Å². The third kappa shape index (κ3) is 8.09. The van der Waals surface area contributed by atoms with Crippen molar-refractivity contribution in [2.24, 2.45) is 0 Å². The summed E-state index contributed by atoms with van der Waals surface area (Å²) >= 11 is 0. The summed E-state index contributed by atoms with van der Waals surface area (Å²) in [5, 5.41) is 18.9. The monoisotopic (exact) mass is 523 g/mol. The van der Waals surface area contributed by atoms with E-state index in [1.807, 2.05) is 26.0 Å². The van der Waals surface area contributed by atoms with Gasteiger partial charge in [-0.1, -0.05) is 36.4 Å². The number of nitrogens with one attached hydrogen (secondary N) is 1. The Labute approximate surface area is 227 Å². The summed E-state index contributed by atoms with van der Waals surface area (Å²) in [5.41, 5.74) is 5.41. The summed E-state index contributed by atoms with van der Waals surface area (Å²) < 4.78 is 0. The second kappa shape index (κ2) is 12.7. The molecular weight excluding hydrogens is 478 g/mol. The van der Waals surface area contributed by atoms with Crippen LogP contribution in [0.25, 0.3) is 0 Å². The Hall–Kier alpha value is -2.33. The van der Waals surface area contributed by atoms with Crippen LogP contribution in [0.5, 0.6) is 0 Å². The zero-order valence-electron chi connectivity index (χ0n) is 23.4. The second-order valence-corrected chi connectivity index (χ2v) is 11.9. The molecule has 2 atom stereocenters. The standard InChI is InChI=1S/C30H45N5O3/c1-23-17-34(19-25-8-10-28(11-9-25)29(36)31-38)18-24(2)35(23)21-27-7-5-6-26(16-27)20-32-12-14-33(15-13-32)22-30(3,4)37/h5-11,16,23-24,37-38H,12-15,17-22H2,1-4H3,(H,31,36)/t23-,24+. The highest BCUT2D eigenvalue weighted by Gasteiger charge is 2.29. The van der Waals surface area contributed by atoms with Crippen molar-refractivity contribution < 1.29 is 15.1 Å². The van der Waals surface area contributed by atoms with Crippen LogP contribution >= 0.6 is 0 Å². The topological polar surface area (TPSA) is 82.5 Å². The molecule has 0 bridgehead atoms. The Morgan fingerprint density at radius 1 is 0.842 bits per heavy atom. The first kappa shape index (κ1) is 28.7. The highest BCUT2D eigenvalue weighted by Crippen LogP contribution is 2.22. The van der Waals surface area contributed by atoms with Gasteiger partial charge in [-0.05, 0) is 56.5 Å². The molecule has 2 saturated heterocycles. The van der Waals surface area contributed by atoms with Crippen molar-refractivity contribution in [2.75, 3.05) is 45.8 Å². The van der Waals surface area contributed by atoms with E-state index in [0.717, 1.165) is 65.4 Å². The van der Waals surface area contributed by atoms with E-state index in [2.05, 4.69) is 57.7 Å². The van der Waals surface area contributed by atoms with Gasteiger partial charge in [0.15, 0.2) is 0 Å². The normalized spacial score (nSPS) is 22.5. The van der Waals surface area contributed by atoms with E-state index in [-0.39, 0.29) is 0 Å². The number of hydrogen-bond acceptors (Lipinski definition) is 7. The number of benzene rings is 2. The number of amides is 1. The lowest BCUT2D eigenvalue weighted by Gasteiger charge is -2.44. The summed E-state index contributed by atoms with van der Waals surface area (Å²) in [6, 6.07) is 17.4. The van der Waals surface area contributed by atoms with Crippen LogP contribution in [0.2, 0.25) is 0 Å². The number of hydrogen-bond donors (Lipinski definition) is 3. The number of rotatable bonds is 9. The highest BCUT2D eigenvalue weighted by atomic mass is 16.5. The Morgan fingerprint density at radius 3 is 1.97 bits per heavy atom. The highest BCUT2D eigenvalue weighted by molar-refractivity contribution is 5.93. The molecule has 0 saturated carbocycles. The zero-order chi connectivity index (χ0) is 27.3. The number of β-amino-alcohol motifs (C(OH)–C–C–N with tert-alkyl or cyclic N) is 1. The van der Waals surface area contributed by atoms with Gasteiger partial charge in [0, 0.05) is 83.1 Å². The average molecular weight is 524 g/mol. The molecule has 4 rings (SSSR count). The van der Waals surface area contributed by atoms with Crippen LogP contribution in [0.15, 0.2) is 48.5 Å². The van der Waals surface area contributed by atoms with E-state index in [1.54, 1.807) is 17.6 Å². The lowest BCUT2D eigenvalue weighted by Crippen LogP contribution is -2.55. The molecule has 2 aliphatic rings. The summed E-state index contributed by atoms with van der Waals surface area (Å²) in [4.78, 5) is 21.6. The van der Waals surface area contributed by atoms with E-state index in [9.17, 15) is 9.90 Å². The maximum atomic E-state index is 11.6. The number of hydroxylamine groups is 1. The van der Waals surface area contributed by atoms with Crippen LogP contribution in [0.3, 0.4) is 0 Å². The number of piperazine rings is 2. The minimum absolute atomic E-state index is 0.436. The van der Waals surface area contributed by atoms with E-state index in [4.69, 9.17) is 5.21 Å². The van der Waals surface area contributed by atoms with Gasteiger partial charge in [0.05, 0.1) is 5.60 Å². The Bertz CT molecular complexity index is 1030. The first-order valence-corrected chi connectivity index (χ1v) is 13.9. The van der Waals surface area contributed by atoms with Crippen molar-refractivity contribution >= 4 is 5.91 Å². The van der Waals surface area contributed by atoms with Crippen LogP contribution in [-0.4, -0.2) is 99.3 Å². The Morgan fingerprint density at radius 2 is 1.39 bits per heavy atom. The predicted octanol–water partition coefficient (Wildman–Crippen LogP) is 2.79. The van der Waals surface area contributed by atoms with Crippen molar-refractivity contribution in [2.45, 2.75) is 65.0 Å². The van der Waals surface area contributed by atoms with Gasteiger partial charge in [-0.15, -0.1) is 0 Å². The summed E-state index contributed by atoms with van der Waals surface area (Å²) in [6.45, 7) is 18.0. The number of nitrogens with zero attached hydrogens (tertiary/aromatic N) is 4. The van der Waals surface area contributed by atoms with Crippen molar-refractivity contribution in [3.05, 3.63) is 70.8 Å². The van der Waals surface area contributed by atoms with Gasteiger partial charge in [-0.3, -0.25) is 29.6 Å². The molecule has 2 fully saturated rings. The molecule has 8 nitrogen and oxygen atoms in total. The first-order valence-electron chi connectivity index (χ1n) is 13.9. The molecule has 2 heterocycles. The number of carbonyl (C=O) groups is 1. The SMILES string of the molecule is C[C@@H]1CN(Cc2ccc(C(=O)NO)cc2)C[C@H](C)N1Cc1cccc(CN2CCN(CC(C)(C)O)CC2)c1. The van der Waals surface area contributed by atoms with Gasteiger partial charge < -0.3 is 5.11 Å². The molecule has 0 radical (unpaired) electrons. The molecular formula is C30H45N5O3. The maximum Gasteiger partial charge on any atom is 0.274 e. The smallest absolute Gasteiger partial charge is 0.274 e. The quantitative estimate of drug-likeness (QED) is 0.344. The number of aliphatic hydroxyl groups is 1. The molecule has 3 N–H and O–H groups in total.